The minimum Gasteiger partial charge on any atom is -0.354 e. The van der Waals surface area contributed by atoms with Gasteiger partial charge >= 0.3 is 0 Å². The average molecular weight is 339 g/mol. The normalized spacial score (nSPS) is 15.8. The van der Waals surface area contributed by atoms with Crippen LogP contribution in [0.3, 0.4) is 0 Å². The predicted molar refractivity (Wildman–Crippen MR) is 93.9 cm³/mol. The van der Waals surface area contributed by atoms with Crippen LogP contribution in [0.4, 0.5) is 5.82 Å². The molecule has 0 saturated carbocycles. The summed E-state index contributed by atoms with van der Waals surface area (Å²) in [6.07, 6.45) is 3.43. The number of carbonyl (C=O) groups is 1. The van der Waals surface area contributed by atoms with Crippen LogP contribution in [0.2, 0.25) is 0 Å². The van der Waals surface area contributed by atoms with E-state index in [1.165, 1.54) is 6.33 Å². The van der Waals surface area contributed by atoms with Crippen molar-refractivity contribution in [2.75, 3.05) is 37.6 Å². The fourth-order valence-electron chi connectivity index (χ4n) is 3.31. The molecule has 8 heteroatoms. The number of nitrogens with zero attached hydrogens (tertiary/aromatic N) is 7. The van der Waals surface area contributed by atoms with Crippen molar-refractivity contribution < 1.29 is 4.79 Å². The number of carbonyl (C=O) groups excluding carboxylic acids is 1. The van der Waals surface area contributed by atoms with Gasteiger partial charge < -0.3 is 9.47 Å². The molecule has 25 heavy (non-hydrogen) atoms. The Hall–Kier alpha value is -2.74. The third kappa shape index (κ3) is 3.00. The molecule has 0 spiro atoms. The van der Waals surface area contributed by atoms with Gasteiger partial charge in [0.2, 0.25) is 0 Å². The van der Waals surface area contributed by atoms with Gasteiger partial charge in [0, 0.05) is 51.2 Å². The summed E-state index contributed by atoms with van der Waals surface area (Å²) in [7, 11) is 1.90. The van der Waals surface area contributed by atoms with Gasteiger partial charge in [-0.15, -0.1) is 0 Å². The maximum absolute atomic E-state index is 12.4. The lowest BCUT2D eigenvalue weighted by atomic mass is 10.2. The Morgan fingerprint density at radius 2 is 2.04 bits per heavy atom. The van der Waals surface area contributed by atoms with Crippen LogP contribution in [0.15, 0.2) is 30.7 Å². The Kier molecular flexibility index (Phi) is 3.96. The standard InChI is InChI=1S/C17H21N7O/c1-13-10-16(24-17(20-13)18-12-19-24)23-8-6-22(7-9-23)11-15(25)14-4-3-5-21(14)2/h3-5,10,12H,6-9,11H2,1-2H3. The molecule has 130 valence electrons. The quantitative estimate of drug-likeness (QED) is 0.654. The average Bonchev–Trinajstić information content (AvgIpc) is 3.23. The first-order chi connectivity index (χ1) is 12.1. The van der Waals surface area contributed by atoms with E-state index in [1.807, 2.05) is 42.9 Å². The summed E-state index contributed by atoms with van der Waals surface area (Å²) >= 11 is 0. The number of piperazine rings is 1. The number of anilines is 1. The molecular weight excluding hydrogens is 318 g/mol. The van der Waals surface area contributed by atoms with Crippen LogP contribution in [0, 0.1) is 6.92 Å². The SMILES string of the molecule is Cc1cc(N2CCN(CC(=O)c3cccn3C)CC2)n2ncnc2n1. The van der Waals surface area contributed by atoms with E-state index in [0.717, 1.165) is 43.4 Å². The van der Waals surface area contributed by atoms with Gasteiger partial charge in [-0.05, 0) is 19.1 Å². The van der Waals surface area contributed by atoms with E-state index < -0.39 is 0 Å². The van der Waals surface area contributed by atoms with Gasteiger partial charge in [-0.2, -0.15) is 14.6 Å². The third-order valence-corrected chi connectivity index (χ3v) is 4.65. The van der Waals surface area contributed by atoms with Crippen molar-refractivity contribution in [2.45, 2.75) is 6.92 Å². The van der Waals surface area contributed by atoms with Gasteiger partial charge in [-0.3, -0.25) is 9.69 Å². The van der Waals surface area contributed by atoms with E-state index in [2.05, 4.69) is 24.9 Å². The number of ketones is 1. The Morgan fingerprint density at radius 1 is 1.24 bits per heavy atom. The minimum atomic E-state index is 0.166. The van der Waals surface area contributed by atoms with Crippen LogP contribution < -0.4 is 4.90 Å². The highest BCUT2D eigenvalue weighted by Crippen LogP contribution is 2.18. The largest absolute Gasteiger partial charge is 0.354 e. The molecule has 1 saturated heterocycles. The first kappa shape index (κ1) is 15.8. The molecule has 3 aromatic rings. The first-order valence-corrected chi connectivity index (χ1v) is 8.41. The van der Waals surface area contributed by atoms with Crippen LogP contribution in [0.5, 0.6) is 0 Å². The smallest absolute Gasteiger partial charge is 0.254 e. The molecule has 4 rings (SSSR count). The van der Waals surface area contributed by atoms with Crippen LogP contribution in [0.25, 0.3) is 5.78 Å². The Labute approximate surface area is 145 Å². The predicted octanol–water partition coefficient (Wildman–Crippen LogP) is 0.776. The first-order valence-electron chi connectivity index (χ1n) is 8.41. The Bertz CT molecular complexity index is 905. The van der Waals surface area contributed by atoms with Gasteiger partial charge in [0.1, 0.15) is 12.1 Å². The molecule has 0 atom stereocenters. The summed E-state index contributed by atoms with van der Waals surface area (Å²) in [6.45, 7) is 5.80. The molecule has 1 aliphatic rings. The summed E-state index contributed by atoms with van der Waals surface area (Å²) in [4.78, 5) is 25.5. The summed E-state index contributed by atoms with van der Waals surface area (Å²) in [6, 6.07) is 5.81. The zero-order chi connectivity index (χ0) is 17.4. The maximum Gasteiger partial charge on any atom is 0.254 e. The lowest BCUT2D eigenvalue weighted by Gasteiger charge is -2.35. The molecule has 0 aliphatic carbocycles. The highest BCUT2D eigenvalue weighted by Gasteiger charge is 2.22. The number of hydrogen-bond donors (Lipinski definition) is 0. The lowest BCUT2D eigenvalue weighted by molar-refractivity contribution is 0.0918. The van der Waals surface area contributed by atoms with E-state index in [4.69, 9.17) is 0 Å². The fourth-order valence-corrected chi connectivity index (χ4v) is 3.31. The van der Waals surface area contributed by atoms with E-state index >= 15 is 0 Å². The summed E-state index contributed by atoms with van der Waals surface area (Å²) < 4.78 is 3.65. The molecule has 0 aromatic carbocycles. The van der Waals surface area contributed by atoms with Crippen LogP contribution in [-0.4, -0.2) is 67.6 Å². The second-order valence-corrected chi connectivity index (χ2v) is 6.42. The summed E-state index contributed by atoms with van der Waals surface area (Å²) in [5.74, 6) is 1.80. The fraction of sp³-hybridized carbons (Fsp3) is 0.412. The third-order valence-electron chi connectivity index (χ3n) is 4.65. The molecule has 0 radical (unpaired) electrons. The minimum absolute atomic E-state index is 0.166. The molecule has 8 nitrogen and oxygen atoms in total. The van der Waals surface area contributed by atoms with E-state index in [-0.39, 0.29) is 5.78 Å². The van der Waals surface area contributed by atoms with Crippen LogP contribution in [0.1, 0.15) is 16.2 Å². The van der Waals surface area contributed by atoms with Crippen molar-refractivity contribution in [2.24, 2.45) is 7.05 Å². The summed E-state index contributed by atoms with van der Waals surface area (Å²) in [5.41, 5.74) is 1.69. The Morgan fingerprint density at radius 3 is 2.76 bits per heavy atom. The summed E-state index contributed by atoms with van der Waals surface area (Å²) in [5, 5.41) is 4.28. The number of Topliss-reactive ketones (excluding diaryl/α,β-unsaturated/α-hetero) is 1. The van der Waals surface area contributed by atoms with Crippen molar-refractivity contribution in [3.8, 4) is 0 Å². The van der Waals surface area contributed by atoms with Crippen LogP contribution in [-0.2, 0) is 7.05 Å². The zero-order valence-electron chi connectivity index (χ0n) is 14.5. The van der Waals surface area contributed by atoms with Crippen molar-refractivity contribution in [3.63, 3.8) is 0 Å². The second kappa shape index (κ2) is 6.29. The second-order valence-electron chi connectivity index (χ2n) is 6.42. The van der Waals surface area contributed by atoms with Gasteiger partial charge in [-0.1, -0.05) is 0 Å². The monoisotopic (exact) mass is 339 g/mol. The molecular formula is C17H21N7O. The molecule has 0 amide bonds. The molecule has 3 aromatic heterocycles. The molecule has 1 fully saturated rings. The number of fused-ring (bicyclic) bond motifs is 1. The molecule has 1 aliphatic heterocycles. The molecule has 0 unspecified atom stereocenters. The van der Waals surface area contributed by atoms with Crippen molar-refractivity contribution in [3.05, 3.63) is 42.1 Å². The van der Waals surface area contributed by atoms with Crippen molar-refractivity contribution >= 4 is 17.4 Å². The van der Waals surface area contributed by atoms with Gasteiger partial charge in [-0.25, -0.2) is 4.98 Å². The van der Waals surface area contributed by atoms with E-state index in [0.29, 0.717) is 12.3 Å². The number of aryl methyl sites for hydroxylation is 2. The maximum atomic E-state index is 12.4. The van der Waals surface area contributed by atoms with E-state index in [9.17, 15) is 4.79 Å². The highest BCUT2D eigenvalue weighted by molar-refractivity contribution is 5.96. The van der Waals surface area contributed by atoms with Crippen molar-refractivity contribution in [1.82, 2.24) is 29.0 Å². The molecule has 0 N–H and O–H groups in total. The number of hydrogen-bond acceptors (Lipinski definition) is 6. The molecule has 0 bridgehead atoms. The zero-order valence-corrected chi connectivity index (χ0v) is 14.5. The molecule has 4 heterocycles. The van der Waals surface area contributed by atoms with Gasteiger partial charge in [0.15, 0.2) is 5.78 Å². The number of rotatable bonds is 4. The lowest BCUT2D eigenvalue weighted by Crippen LogP contribution is -2.48. The Balaban J connectivity index is 1.44. The van der Waals surface area contributed by atoms with E-state index in [1.54, 1.807) is 4.52 Å². The number of aromatic nitrogens is 5. The van der Waals surface area contributed by atoms with Gasteiger partial charge in [0.05, 0.1) is 12.2 Å². The van der Waals surface area contributed by atoms with Gasteiger partial charge in [0.25, 0.3) is 5.78 Å². The van der Waals surface area contributed by atoms with Crippen LogP contribution >= 0.6 is 0 Å². The highest BCUT2D eigenvalue weighted by atomic mass is 16.1. The topological polar surface area (TPSA) is 71.6 Å². The van der Waals surface area contributed by atoms with Crippen molar-refractivity contribution in [1.29, 1.82) is 0 Å².